The van der Waals surface area contributed by atoms with Crippen LogP contribution in [0.1, 0.15) is 19.7 Å². The van der Waals surface area contributed by atoms with Crippen molar-refractivity contribution in [3.05, 3.63) is 18.5 Å². The third-order valence-electron chi connectivity index (χ3n) is 5.39. The predicted octanol–water partition coefficient (Wildman–Crippen LogP) is -0.315. The summed E-state index contributed by atoms with van der Waals surface area (Å²) in [5, 5.41) is 28.2. The second kappa shape index (κ2) is 11.0. The van der Waals surface area contributed by atoms with Crippen LogP contribution in [0.25, 0.3) is 0 Å². The number of allylic oxidation sites excluding steroid dienone is 1. The number of aliphatic carboxylic acids is 1. The molecule has 198 valence electrons. The fraction of sp³-hybridized carbons (Fsp3) is 0.526. The molecular formula is C19H24N10O5S3. The largest absolute Gasteiger partial charge is 0.481 e. The van der Waals surface area contributed by atoms with E-state index in [1.165, 1.54) is 33.1 Å². The summed E-state index contributed by atoms with van der Waals surface area (Å²) >= 11 is 3.38. The Morgan fingerprint density at radius 2 is 2.27 bits per heavy atom. The number of fused-ring (bicyclic) bond motifs is 1. The van der Waals surface area contributed by atoms with Gasteiger partial charge in [0, 0.05) is 29.6 Å². The highest BCUT2D eigenvalue weighted by Crippen LogP contribution is 2.44. The fourth-order valence-electron chi connectivity index (χ4n) is 3.53. The second-order valence-corrected chi connectivity index (χ2v) is 11.3. The van der Waals surface area contributed by atoms with Gasteiger partial charge in [0.25, 0.3) is 5.91 Å². The van der Waals surface area contributed by atoms with Gasteiger partial charge in [0.2, 0.25) is 22.6 Å². The standard InChI is InChI=1S/C19H24N10O5S3/c1-4-5-29-18(23-26-27-29)36-8-19(16(32)33)6-28-14(31)11(15(28)35-7-19)21-13(30)10(24-34-9(2)3)12-22-17(20)37-25-12/h4,9,11,15H,1,5-8H2,2-3H3,(H,21,30)(H,32,33)(H2,20,22,25)/t11?,15-,19?/m1/s1. The Kier molecular flexibility index (Phi) is 7.98. The van der Waals surface area contributed by atoms with Crippen LogP contribution in [0, 0.1) is 5.41 Å². The zero-order valence-electron chi connectivity index (χ0n) is 19.8. The molecule has 0 aromatic carbocycles. The molecule has 0 saturated carbocycles. The molecule has 0 radical (unpaired) electrons. The van der Waals surface area contributed by atoms with E-state index in [0.717, 1.165) is 11.5 Å². The van der Waals surface area contributed by atoms with E-state index in [1.807, 2.05) is 0 Å². The number of carboxylic acids is 1. The molecule has 2 aromatic rings. The van der Waals surface area contributed by atoms with E-state index in [0.29, 0.717) is 11.7 Å². The molecule has 15 nitrogen and oxygen atoms in total. The number of aromatic nitrogens is 6. The normalized spacial score (nSPS) is 23.4. The summed E-state index contributed by atoms with van der Waals surface area (Å²) in [7, 11) is 0. The first kappa shape index (κ1) is 26.8. The lowest BCUT2D eigenvalue weighted by atomic mass is 9.89. The predicted molar refractivity (Wildman–Crippen MR) is 136 cm³/mol. The van der Waals surface area contributed by atoms with Gasteiger partial charge in [0.15, 0.2) is 5.13 Å². The highest BCUT2D eigenvalue weighted by molar-refractivity contribution is 8.00. The first-order valence-electron chi connectivity index (χ1n) is 10.9. The molecule has 37 heavy (non-hydrogen) atoms. The van der Waals surface area contributed by atoms with Crippen LogP contribution in [-0.4, -0.2) is 98.6 Å². The lowest BCUT2D eigenvalue weighted by molar-refractivity contribution is -0.157. The summed E-state index contributed by atoms with van der Waals surface area (Å²) in [4.78, 5) is 48.9. The summed E-state index contributed by atoms with van der Waals surface area (Å²) in [6.07, 6.45) is 1.32. The SMILES string of the molecule is C=CCn1nnnc1SCC1(C(=O)O)CS[C@@H]2C(NC(=O)C(=NOC(C)C)c3nsc(N)n3)C(=O)N2C1. The number of nitrogen functional groups attached to an aromatic ring is 1. The van der Waals surface area contributed by atoms with Gasteiger partial charge in [0.05, 0.1) is 6.54 Å². The van der Waals surface area contributed by atoms with Gasteiger partial charge < -0.3 is 25.9 Å². The Morgan fingerprint density at radius 3 is 2.92 bits per heavy atom. The molecule has 3 atom stereocenters. The number of carboxylic acid groups (broad SMARTS) is 1. The van der Waals surface area contributed by atoms with Gasteiger partial charge in [-0.3, -0.25) is 14.4 Å². The Balaban J connectivity index is 1.43. The topological polar surface area (TPSA) is 204 Å². The van der Waals surface area contributed by atoms with Crippen LogP contribution in [0.15, 0.2) is 23.0 Å². The van der Waals surface area contributed by atoms with Crippen molar-refractivity contribution in [2.45, 2.75) is 43.1 Å². The van der Waals surface area contributed by atoms with Crippen molar-refractivity contribution in [2.75, 3.05) is 23.8 Å². The monoisotopic (exact) mass is 568 g/mol. The number of nitrogens with zero attached hydrogens (tertiary/aromatic N) is 8. The van der Waals surface area contributed by atoms with Crippen molar-refractivity contribution in [1.82, 2.24) is 39.8 Å². The molecule has 4 N–H and O–H groups in total. The average molecular weight is 569 g/mol. The molecule has 0 bridgehead atoms. The number of amides is 2. The summed E-state index contributed by atoms with van der Waals surface area (Å²) in [6, 6.07) is -0.864. The van der Waals surface area contributed by atoms with E-state index in [4.69, 9.17) is 10.6 Å². The van der Waals surface area contributed by atoms with Gasteiger partial charge in [-0.05, 0) is 24.3 Å². The van der Waals surface area contributed by atoms with E-state index in [-0.39, 0.29) is 40.8 Å². The first-order chi connectivity index (χ1) is 17.6. The molecule has 4 rings (SSSR count). The Hall–Kier alpha value is -3.25. The number of oxime groups is 1. The van der Waals surface area contributed by atoms with Gasteiger partial charge in [-0.1, -0.05) is 23.0 Å². The van der Waals surface area contributed by atoms with Crippen LogP contribution >= 0.6 is 35.1 Å². The van der Waals surface area contributed by atoms with Crippen LogP contribution in [0.4, 0.5) is 5.13 Å². The van der Waals surface area contributed by atoms with Crippen molar-refractivity contribution < 1.29 is 24.3 Å². The van der Waals surface area contributed by atoms with Crippen LogP contribution in [-0.2, 0) is 25.8 Å². The summed E-state index contributed by atoms with van der Waals surface area (Å²) in [5.74, 6) is -1.76. The third-order valence-corrected chi connectivity index (χ3v) is 8.76. The summed E-state index contributed by atoms with van der Waals surface area (Å²) < 4.78 is 5.52. The minimum Gasteiger partial charge on any atom is -0.481 e. The number of β-lactam (4-membered cyclic amide) rings is 1. The third kappa shape index (κ3) is 5.54. The van der Waals surface area contributed by atoms with Crippen molar-refractivity contribution in [3.63, 3.8) is 0 Å². The molecule has 2 fully saturated rings. The van der Waals surface area contributed by atoms with Crippen molar-refractivity contribution in [2.24, 2.45) is 10.6 Å². The van der Waals surface area contributed by atoms with Crippen LogP contribution in [0.5, 0.6) is 0 Å². The molecule has 0 spiro atoms. The maximum absolute atomic E-state index is 13.0. The number of thioether (sulfide) groups is 2. The lowest BCUT2D eigenvalue weighted by Gasteiger charge is -2.53. The minimum absolute atomic E-state index is 0.0111. The smallest absolute Gasteiger partial charge is 0.313 e. The van der Waals surface area contributed by atoms with Crippen LogP contribution in [0.2, 0.25) is 0 Å². The zero-order chi connectivity index (χ0) is 26.7. The number of hydrogen-bond acceptors (Lipinski definition) is 14. The molecule has 2 saturated heterocycles. The molecule has 0 aliphatic carbocycles. The zero-order valence-corrected chi connectivity index (χ0v) is 22.3. The van der Waals surface area contributed by atoms with Crippen molar-refractivity contribution in [1.29, 1.82) is 0 Å². The molecular weight excluding hydrogens is 544 g/mol. The minimum atomic E-state index is -1.22. The molecule has 2 aliphatic heterocycles. The van der Waals surface area contributed by atoms with Gasteiger partial charge in [-0.15, -0.1) is 23.4 Å². The number of carbonyl (C=O) groups excluding carboxylic acids is 2. The van der Waals surface area contributed by atoms with E-state index < -0.39 is 34.6 Å². The van der Waals surface area contributed by atoms with Crippen LogP contribution in [0.3, 0.4) is 0 Å². The molecule has 4 heterocycles. The Labute approximate surface area is 223 Å². The average Bonchev–Trinajstić information content (AvgIpc) is 3.49. The number of nitrogens with one attached hydrogen (secondary N) is 1. The number of rotatable bonds is 11. The van der Waals surface area contributed by atoms with E-state index >= 15 is 0 Å². The molecule has 2 amide bonds. The Bertz CT molecular complexity index is 1230. The molecule has 2 unspecified atom stereocenters. The lowest BCUT2D eigenvalue weighted by Crippen LogP contribution is -2.74. The second-order valence-electron chi connectivity index (χ2n) is 8.48. The summed E-state index contributed by atoms with van der Waals surface area (Å²) in [5.41, 5.74) is 4.21. The van der Waals surface area contributed by atoms with Crippen molar-refractivity contribution in [3.8, 4) is 0 Å². The molecule has 2 aromatic heterocycles. The maximum Gasteiger partial charge on any atom is 0.313 e. The quantitative estimate of drug-likeness (QED) is 0.105. The number of carbonyl (C=O) groups is 3. The number of nitrogens with two attached hydrogens (primary N) is 1. The highest BCUT2D eigenvalue weighted by Gasteiger charge is 2.57. The van der Waals surface area contributed by atoms with Crippen molar-refractivity contribution >= 4 is 63.7 Å². The van der Waals surface area contributed by atoms with Crippen LogP contribution < -0.4 is 11.1 Å². The molecule has 18 heteroatoms. The van der Waals surface area contributed by atoms with Gasteiger partial charge >= 0.3 is 5.97 Å². The molecule has 2 aliphatic rings. The van der Waals surface area contributed by atoms with Gasteiger partial charge in [-0.2, -0.15) is 9.36 Å². The number of tetrazole rings is 1. The first-order valence-corrected chi connectivity index (χ1v) is 13.8. The van der Waals surface area contributed by atoms with E-state index in [1.54, 1.807) is 19.9 Å². The Morgan fingerprint density at radius 1 is 1.49 bits per heavy atom. The number of hydrogen-bond donors (Lipinski definition) is 3. The summed E-state index contributed by atoms with van der Waals surface area (Å²) in [6.45, 7) is 7.50. The van der Waals surface area contributed by atoms with Gasteiger partial charge in [-0.25, -0.2) is 4.68 Å². The number of anilines is 1. The highest BCUT2D eigenvalue weighted by atomic mass is 32.2. The van der Waals surface area contributed by atoms with Gasteiger partial charge in [0.1, 0.15) is 22.9 Å². The van der Waals surface area contributed by atoms with E-state index in [9.17, 15) is 19.5 Å². The maximum atomic E-state index is 13.0. The van der Waals surface area contributed by atoms with E-state index in [2.05, 4.69) is 41.9 Å². The fourth-order valence-corrected chi connectivity index (χ4v) is 6.71.